The number of nitrogens with one attached hydrogen (secondary N) is 1. The largest absolute Gasteiger partial charge is 0.382 e. The number of benzene rings is 2. The number of aryl methyl sites for hydroxylation is 1. The fraction of sp³-hybridized carbons (Fsp3) is 0.250. The molecule has 3 rings (SSSR count). The summed E-state index contributed by atoms with van der Waals surface area (Å²) in [7, 11) is 0. The highest BCUT2D eigenvalue weighted by Crippen LogP contribution is 2.25. The Hall–Kier alpha value is -2.36. The van der Waals surface area contributed by atoms with Gasteiger partial charge in [-0.25, -0.2) is 0 Å². The van der Waals surface area contributed by atoms with Gasteiger partial charge < -0.3 is 5.32 Å². The van der Waals surface area contributed by atoms with E-state index in [1.165, 1.54) is 17.2 Å². The topological polar surface area (TPSA) is 55.2 Å². The van der Waals surface area contributed by atoms with Crippen LogP contribution in [0.25, 0.3) is 0 Å². The van der Waals surface area contributed by atoms with Crippen LogP contribution in [0.15, 0.2) is 48.5 Å². The van der Waals surface area contributed by atoms with Gasteiger partial charge in [0.2, 0.25) is 0 Å². The Morgan fingerprint density at radius 2 is 1.90 bits per heavy atom. The Kier molecular flexibility index (Phi) is 3.37. The standard InChI is InChI=1S/C16H16N2O2/c19-18(20)16-7-3-6-14(11-16)17-15-9-8-12-4-1-2-5-13(12)10-15/h1-7,11,15,17H,8-10H2. The molecular formula is C16H16N2O2. The summed E-state index contributed by atoms with van der Waals surface area (Å²) in [5.74, 6) is 0. The van der Waals surface area contributed by atoms with E-state index >= 15 is 0 Å². The normalized spacial score (nSPS) is 17.3. The third-order valence-corrected chi connectivity index (χ3v) is 3.77. The maximum absolute atomic E-state index is 10.8. The summed E-state index contributed by atoms with van der Waals surface area (Å²) in [4.78, 5) is 10.4. The average Bonchev–Trinajstić information content (AvgIpc) is 2.47. The molecule has 0 spiro atoms. The molecule has 0 heterocycles. The number of fused-ring (bicyclic) bond motifs is 1. The lowest BCUT2D eigenvalue weighted by Crippen LogP contribution is -2.27. The zero-order valence-electron chi connectivity index (χ0n) is 11.1. The maximum atomic E-state index is 10.8. The molecule has 0 aliphatic heterocycles. The Balaban J connectivity index is 1.73. The number of anilines is 1. The third kappa shape index (κ3) is 2.64. The van der Waals surface area contributed by atoms with E-state index in [4.69, 9.17) is 0 Å². The minimum atomic E-state index is -0.360. The first-order valence-electron chi connectivity index (χ1n) is 6.80. The van der Waals surface area contributed by atoms with Crippen LogP contribution < -0.4 is 5.32 Å². The number of nitro groups is 1. The van der Waals surface area contributed by atoms with Crippen LogP contribution in [-0.2, 0) is 12.8 Å². The lowest BCUT2D eigenvalue weighted by Gasteiger charge is -2.26. The molecule has 0 saturated carbocycles. The van der Waals surface area contributed by atoms with E-state index in [0.717, 1.165) is 24.9 Å². The maximum Gasteiger partial charge on any atom is 0.271 e. The summed E-state index contributed by atoms with van der Waals surface area (Å²) in [6, 6.07) is 15.5. The van der Waals surface area contributed by atoms with Gasteiger partial charge in [-0.05, 0) is 36.5 Å². The van der Waals surface area contributed by atoms with Gasteiger partial charge in [-0.15, -0.1) is 0 Å². The summed E-state index contributed by atoms with van der Waals surface area (Å²) >= 11 is 0. The Morgan fingerprint density at radius 3 is 2.70 bits per heavy atom. The number of nitro benzene ring substituents is 1. The van der Waals surface area contributed by atoms with Crippen molar-refractivity contribution in [3.05, 3.63) is 69.8 Å². The summed E-state index contributed by atoms with van der Waals surface area (Å²) in [6.07, 6.45) is 3.08. The van der Waals surface area contributed by atoms with Crippen LogP contribution in [0.5, 0.6) is 0 Å². The molecule has 102 valence electrons. The van der Waals surface area contributed by atoms with Gasteiger partial charge in [-0.3, -0.25) is 10.1 Å². The predicted octanol–water partition coefficient (Wildman–Crippen LogP) is 3.56. The van der Waals surface area contributed by atoms with Gasteiger partial charge in [0.15, 0.2) is 0 Å². The van der Waals surface area contributed by atoms with Crippen LogP contribution in [0, 0.1) is 10.1 Å². The highest BCUT2D eigenvalue weighted by molar-refractivity contribution is 5.52. The average molecular weight is 268 g/mol. The predicted molar refractivity (Wildman–Crippen MR) is 79.0 cm³/mol. The monoisotopic (exact) mass is 268 g/mol. The van der Waals surface area contributed by atoms with Gasteiger partial charge in [-0.2, -0.15) is 0 Å². The van der Waals surface area contributed by atoms with Gasteiger partial charge in [0.1, 0.15) is 0 Å². The first kappa shape index (κ1) is 12.7. The first-order valence-corrected chi connectivity index (χ1v) is 6.80. The Morgan fingerprint density at radius 1 is 1.10 bits per heavy atom. The van der Waals surface area contributed by atoms with Gasteiger partial charge in [0.25, 0.3) is 5.69 Å². The minimum Gasteiger partial charge on any atom is -0.382 e. The molecule has 1 atom stereocenters. The van der Waals surface area contributed by atoms with Crippen LogP contribution in [0.3, 0.4) is 0 Å². The lowest BCUT2D eigenvalue weighted by molar-refractivity contribution is -0.384. The second-order valence-corrected chi connectivity index (χ2v) is 5.16. The zero-order chi connectivity index (χ0) is 13.9. The van der Waals surface area contributed by atoms with Crippen LogP contribution >= 0.6 is 0 Å². The van der Waals surface area contributed by atoms with Crippen LogP contribution in [0.2, 0.25) is 0 Å². The number of hydrogen-bond acceptors (Lipinski definition) is 3. The van der Waals surface area contributed by atoms with E-state index < -0.39 is 0 Å². The Bertz CT molecular complexity index is 640. The van der Waals surface area contributed by atoms with E-state index in [1.807, 2.05) is 6.07 Å². The van der Waals surface area contributed by atoms with E-state index in [0.29, 0.717) is 6.04 Å². The Labute approximate surface area is 117 Å². The first-order chi connectivity index (χ1) is 9.72. The molecule has 1 aliphatic carbocycles. The smallest absolute Gasteiger partial charge is 0.271 e. The van der Waals surface area contributed by atoms with E-state index in [2.05, 4.69) is 29.6 Å². The molecule has 0 bridgehead atoms. The van der Waals surface area contributed by atoms with Crippen molar-refractivity contribution in [2.45, 2.75) is 25.3 Å². The van der Waals surface area contributed by atoms with Crippen molar-refractivity contribution in [3.8, 4) is 0 Å². The van der Waals surface area contributed by atoms with Crippen molar-refractivity contribution >= 4 is 11.4 Å². The van der Waals surface area contributed by atoms with Crippen molar-refractivity contribution in [1.82, 2.24) is 0 Å². The van der Waals surface area contributed by atoms with Crippen LogP contribution in [0.1, 0.15) is 17.5 Å². The molecule has 4 heteroatoms. The highest BCUT2D eigenvalue weighted by Gasteiger charge is 2.18. The van der Waals surface area contributed by atoms with Gasteiger partial charge in [-0.1, -0.05) is 30.3 Å². The molecule has 0 saturated heterocycles. The minimum absolute atomic E-state index is 0.131. The zero-order valence-corrected chi connectivity index (χ0v) is 11.1. The van der Waals surface area contributed by atoms with Gasteiger partial charge in [0, 0.05) is 23.9 Å². The number of non-ortho nitro benzene ring substituents is 1. The number of hydrogen-bond donors (Lipinski definition) is 1. The van der Waals surface area contributed by atoms with E-state index in [9.17, 15) is 10.1 Å². The molecule has 20 heavy (non-hydrogen) atoms. The molecule has 0 radical (unpaired) electrons. The molecule has 1 N–H and O–H groups in total. The molecule has 4 nitrogen and oxygen atoms in total. The summed E-state index contributed by atoms with van der Waals surface area (Å²) in [5.41, 5.74) is 3.75. The van der Waals surface area contributed by atoms with Crippen molar-refractivity contribution < 1.29 is 4.92 Å². The molecular weight excluding hydrogens is 252 g/mol. The second-order valence-electron chi connectivity index (χ2n) is 5.16. The SMILES string of the molecule is O=[N+]([O-])c1cccc(NC2CCc3ccccc3C2)c1. The molecule has 2 aromatic rings. The molecule has 0 fully saturated rings. The van der Waals surface area contributed by atoms with Gasteiger partial charge >= 0.3 is 0 Å². The molecule has 1 aliphatic rings. The van der Waals surface area contributed by atoms with Crippen LogP contribution in [0.4, 0.5) is 11.4 Å². The van der Waals surface area contributed by atoms with Crippen molar-refractivity contribution in [2.24, 2.45) is 0 Å². The van der Waals surface area contributed by atoms with Crippen molar-refractivity contribution in [1.29, 1.82) is 0 Å². The molecule has 2 aromatic carbocycles. The fourth-order valence-electron chi connectivity index (χ4n) is 2.77. The molecule has 0 aromatic heterocycles. The fourth-order valence-corrected chi connectivity index (χ4v) is 2.77. The quantitative estimate of drug-likeness (QED) is 0.684. The second kappa shape index (κ2) is 5.33. The molecule has 1 unspecified atom stereocenters. The number of rotatable bonds is 3. The molecule has 0 amide bonds. The van der Waals surface area contributed by atoms with Gasteiger partial charge in [0.05, 0.1) is 4.92 Å². The number of nitrogens with zero attached hydrogens (tertiary/aromatic N) is 1. The van der Waals surface area contributed by atoms with E-state index in [1.54, 1.807) is 12.1 Å². The lowest BCUT2D eigenvalue weighted by atomic mass is 9.88. The summed E-state index contributed by atoms with van der Waals surface area (Å²) in [5, 5.41) is 14.2. The van der Waals surface area contributed by atoms with Crippen LogP contribution in [-0.4, -0.2) is 11.0 Å². The summed E-state index contributed by atoms with van der Waals surface area (Å²) in [6.45, 7) is 0. The summed E-state index contributed by atoms with van der Waals surface area (Å²) < 4.78 is 0. The van der Waals surface area contributed by atoms with Crippen molar-refractivity contribution in [3.63, 3.8) is 0 Å². The van der Waals surface area contributed by atoms with E-state index in [-0.39, 0.29) is 10.6 Å². The van der Waals surface area contributed by atoms with Crippen molar-refractivity contribution in [2.75, 3.05) is 5.32 Å². The third-order valence-electron chi connectivity index (χ3n) is 3.77. The highest BCUT2D eigenvalue weighted by atomic mass is 16.6.